The topological polar surface area (TPSA) is 54.7 Å². The number of hydrogen-bond donors (Lipinski definition) is 1. The van der Waals surface area contributed by atoms with E-state index in [2.05, 4.69) is 0 Å². The van der Waals surface area contributed by atoms with Crippen molar-refractivity contribution in [3.05, 3.63) is 53.3 Å². The molecule has 2 N–H and O–H groups in total. The second kappa shape index (κ2) is 4.69. The summed E-state index contributed by atoms with van der Waals surface area (Å²) in [5.74, 6) is 0. The number of nitrogens with zero attached hydrogens (tertiary/aromatic N) is 2. The van der Waals surface area contributed by atoms with Crippen LogP contribution in [0.15, 0.2) is 36.5 Å². The van der Waals surface area contributed by atoms with E-state index >= 15 is 0 Å². The van der Waals surface area contributed by atoms with E-state index in [1.165, 1.54) is 16.7 Å². The van der Waals surface area contributed by atoms with E-state index in [0.29, 0.717) is 5.69 Å². The fraction of sp³-hybridized carbons (Fsp3) is 0.154. The first-order valence-electron chi connectivity index (χ1n) is 5.42. The molecule has 0 unspecified atom stereocenters. The summed E-state index contributed by atoms with van der Waals surface area (Å²) in [6.45, 7) is -0.0228. The normalized spacial score (nSPS) is 11.3. The molecule has 0 bridgehead atoms. The number of nitriles is 1. The van der Waals surface area contributed by atoms with Crippen molar-refractivity contribution in [2.24, 2.45) is 0 Å². The van der Waals surface area contributed by atoms with Gasteiger partial charge in [0, 0.05) is 18.4 Å². The van der Waals surface area contributed by atoms with E-state index in [1.54, 1.807) is 18.3 Å². The summed E-state index contributed by atoms with van der Waals surface area (Å²) >= 11 is 0. The largest absolute Gasteiger partial charge is 0.416 e. The molecular weight excluding hydrogens is 255 g/mol. The van der Waals surface area contributed by atoms with E-state index in [1.807, 2.05) is 6.07 Å². The molecule has 0 spiro atoms. The van der Waals surface area contributed by atoms with Crippen LogP contribution in [0.5, 0.6) is 0 Å². The molecule has 0 fully saturated rings. The Morgan fingerprint density at radius 1 is 1.26 bits per heavy atom. The Kier molecular flexibility index (Phi) is 3.21. The van der Waals surface area contributed by atoms with Crippen molar-refractivity contribution < 1.29 is 13.2 Å². The zero-order valence-electron chi connectivity index (χ0n) is 9.78. The molecule has 0 saturated heterocycles. The minimum atomic E-state index is -4.47. The minimum absolute atomic E-state index is 0.0228. The molecule has 0 saturated carbocycles. The van der Waals surface area contributed by atoms with Crippen LogP contribution in [0.4, 0.5) is 18.9 Å². The third-order valence-electron chi connectivity index (χ3n) is 2.72. The van der Waals surface area contributed by atoms with Crippen molar-refractivity contribution in [2.45, 2.75) is 12.7 Å². The summed E-state index contributed by atoms with van der Waals surface area (Å²) in [4.78, 5) is 0. The summed E-state index contributed by atoms with van der Waals surface area (Å²) < 4.78 is 40.2. The lowest BCUT2D eigenvalue weighted by Crippen LogP contribution is -2.12. The first-order valence-corrected chi connectivity index (χ1v) is 5.42. The van der Waals surface area contributed by atoms with Crippen LogP contribution < -0.4 is 5.73 Å². The third kappa shape index (κ3) is 2.71. The van der Waals surface area contributed by atoms with Crippen LogP contribution in [0, 0.1) is 11.3 Å². The fourth-order valence-corrected chi connectivity index (χ4v) is 1.83. The highest BCUT2D eigenvalue weighted by atomic mass is 19.4. The van der Waals surface area contributed by atoms with Gasteiger partial charge in [0.15, 0.2) is 0 Å². The van der Waals surface area contributed by atoms with Crippen molar-refractivity contribution in [2.75, 3.05) is 5.73 Å². The molecular formula is C13H10F3N3. The van der Waals surface area contributed by atoms with Crippen molar-refractivity contribution in [1.29, 1.82) is 5.26 Å². The van der Waals surface area contributed by atoms with E-state index in [-0.39, 0.29) is 17.8 Å². The fourth-order valence-electron chi connectivity index (χ4n) is 1.83. The molecule has 1 aromatic carbocycles. The van der Waals surface area contributed by atoms with Crippen molar-refractivity contribution in [3.63, 3.8) is 0 Å². The number of benzene rings is 1. The van der Waals surface area contributed by atoms with Gasteiger partial charge in [-0.15, -0.1) is 0 Å². The van der Waals surface area contributed by atoms with Crippen molar-refractivity contribution >= 4 is 5.69 Å². The Labute approximate surface area is 107 Å². The average Bonchev–Trinajstić information content (AvgIpc) is 2.77. The maximum atomic E-state index is 12.9. The SMILES string of the molecule is N#Cc1cccn1Cc1ccc(N)cc1C(F)(F)F. The molecule has 2 rings (SSSR count). The van der Waals surface area contributed by atoms with Crippen molar-refractivity contribution in [1.82, 2.24) is 4.57 Å². The highest BCUT2D eigenvalue weighted by Crippen LogP contribution is 2.33. The van der Waals surface area contributed by atoms with E-state index in [0.717, 1.165) is 6.07 Å². The van der Waals surface area contributed by atoms with Gasteiger partial charge >= 0.3 is 6.18 Å². The van der Waals surface area contributed by atoms with Crippen LogP contribution in [0.1, 0.15) is 16.8 Å². The second-order valence-corrected chi connectivity index (χ2v) is 4.05. The molecule has 0 atom stereocenters. The van der Waals surface area contributed by atoms with Crippen LogP contribution in [0.3, 0.4) is 0 Å². The van der Waals surface area contributed by atoms with Crippen LogP contribution in [0.2, 0.25) is 0 Å². The van der Waals surface area contributed by atoms with Gasteiger partial charge in [-0.1, -0.05) is 6.07 Å². The van der Waals surface area contributed by atoms with E-state index < -0.39 is 11.7 Å². The Hall–Kier alpha value is -2.42. The van der Waals surface area contributed by atoms with Gasteiger partial charge in [-0.05, 0) is 29.8 Å². The summed E-state index contributed by atoms with van der Waals surface area (Å²) in [6, 6.07) is 8.74. The minimum Gasteiger partial charge on any atom is -0.399 e. The molecule has 0 amide bonds. The molecule has 1 aromatic heterocycles. The first-order chi connectivity index (χ1) is 8.91. The Morgan fingerprint density at radius 3 is 2.63 bits per heavy atom. The van der Waals surface area contributed by atoms with Gasteiger partial charge in [-0.2, -0.15) is 18.4 Å². The van der Waals surface area contributed by atoms with E-state index in [9.17, 15) is 13.2 Å². The Balaban J connectivity index is 2.44. The molecule has 2 aromatic rings. The lowest BCUT2D eigenvalue weighted by Gasteiger charge is -2.14. The van der Waals surface area contributed by atoms with Crippen LogP contribution >= 0.6 is 0 Å². The summed E-state index contributed by atoms with van der Waals surface area (Å²) in [6.07, 6.45) is -2.90. The van der Waals surface area contributed by atoms with Gasteiger partial charge in [-0.3, -0.25) is 0 Å². The number of anilines is 1. The van der Waals surface area contributed by atoms with Crippen molar-refractivity contribution in [3.8, 4) is 6.07 Å². The zero-order valence-corrected chi connectivity index (χ0v) is 9.78. The zero-order chi connectivity index (χ0) is 14.0. The first kappa shape index (κ1) is 13.0. The monoisotopic (exact) mass is 265 g/mol. The number of aromatic nitrogens is 1. The maximum absolute atomic E-state index is 12.9. The lowest BCUT2D eigenvalue weighted by molar-refractivity contribution is -0.138. The molecule has 0 aliphatic carbocycles. The van der Waals surface area contributed by atoms with Gasteiger partial charge in [0.25, 0.3) is 0 Å². The number of nitrogens with two attached hydrogens (primary N) is 1. The molecule has 0 aliphatic heterocycles. The number of hydrogen-bond acceptors (Lipinski definition) is 2. The smallest absolute Gasteiger partial charge is 0.399 e. The summed E-state index contributed by atoms with van der Waals surface area (Å²) in [7, 11) is 0. The van der Waals surface area contributed by atoms with Gasteiger partial charge in [-0.25, -0.2) is 0 Å². The third-order valence-corrected chi connectivity index (χ3v) is 2.72. The molecule has 6 heteroatoms. The number of nitrogen functional groups attached to an aromatic ring is 1. The maximum Gasteiger partial charge on any atom is 0.416 e. The predicted octanol–water partition coefficient (Wildman–Crippen LogP) is 3.01. The quantitative estimate of drug-likeness (QED) is 0.848. The predicted molar refractivity (Wildman–Crippen MR) is 64.1 cm³/mol. The van der Waals surface area contributed by atoms with Crippen LogP contribution in [-0.4, -0.2) is 4.57 Å². The highest BCUT2D eigenvalue weighted by molar-refractivity contribution is 5.46. The number of rotatable bonds is 2. The second-order valence-electron chi connectivity index (χ2n) is 4.05. The van der Waals surface area contributed by atoms with Gasteiger partial charge in [0.1, 0.15) is 11.8 Å². The Bertz CT molecular complexity index is 635. The number of alkyl halides is 3. The highest BCUT2D eigenvalue weighted by Gasteiger charge is 2.33. The molecule has 3 nitrogen and oxygen atoms in total. The standard InChI is InChI=1S/C13H10F3N3/c14-13(15,16)12-6-10(18)4-3-9(12)8-19-5-1-2-11(19)7-17/h1-6H,8,18H2. The lowest BCUT2D eigenvalue weighted by atomic mass is 10.1. The number of halogens is 3. The Morgan fingerprint density at radius 2 is 2.00 bits per heavy atom. The average molecular weight is 265 g/mol. The van der Waals surface area contributed by atoms with Gasteiger partial charge in [0.2, 0.25) is 0 Å². The van der Waals surface area contributed by atoms with Gasteiger partial charge in [0.05, 0.1) is 5.56 Å². The van der Waals surface area contributed by atoms with Crippen LogP contribution in [-0.2, 0) is 12.7 Å². The van der Waals surface area contributed by atoms with E-state index in [4.69, 9.17) is 11.0 Å². The molecule has 19 heavy (non-hydrogen) atoms. The van der Waals surface area contributed by atoms with Crippen LogP contribution in [0.25, 0.3) is 0 Å². The summed E-state index contributed by atoms with van der Waals surface area (Å²) in [5, 5.41) is 8.85. The molecule has 98 valence electrons. The molecule has 0 radical (unpaired) electrons. The molecule has 0 aliphatic rings. The summed E-state index contributed by atoms with van der Waals surface area (Å²) in [5.41, 5.74) is 5.07. The van der Waals surface area contributed by atoms with Gasteiger partial charge < -0.3 is 10.3 Å². The molecule has 1 heterocycles.